The molecule has 2 amide bonds. The lowest BCUT2D eigenvalue weighted by Gasteiger charge is -2.32. The number of halogens is 1. The molecule has 0 aromatic heterocycles. The molecule has 2 rings (SSSR count). The highest BCUT2D eigenvalue weighted by atomic mass is 35.5. The molecule has 9 heteroatoms. The van der Waals surface area contributed by atoms with Crippen molar-refractivity contribution in [3.8, 4) is 0 Å². The SMILES string of the molecule is CCc1ccc(N(CC(=O)N(Cc2cccc(Cl)c2)[C@H](C)C(=O)NC(C)C)S(C)(=O)=O)cc1. The molecule has 0 unspecified atom stereocenters. The van der Waals surface area contributed by atoms with E-state index in [0.717, 1.165) is 28.1 Å². The Morgan fingerprint density at radius 1 is 1.03 bits per heavy atom. The van der Waals surface area contributed by atoms with E-state index in [1.165, 1.54) is 4.90 Å². The number of amides is 2. The Bertz CT molecular complexity index is 1070. The summed E-state index contributed by atoms with van der Waals surface area (Å²) in [6, 6.07) is 13.1. The van der Waals surface area contributed by atoms with Gasteiger partial charge in [-0.2, -0.15) is 0 Å². The number of anilines is 1. The molecule has 0 heterocycles. The summed E-state index contributed by atoms with van der Waals surface area (Å²) in [5.41, 5.74) is 2.18. The maximum atomic E-state index is 13.4. The number of hydrogen-bond donors (Lipinski definition) is 1. The second-order valence-corrected chi connectivity index (χ2v) is 10.6. The van der Waals surface area contributed by atoms with Gasteiger partial charge in [-0.05, 0) is 62.6 Å². The third-order valence-corrected chi connectivity index (χ3v) is 6.53. The van der Waals surface area contributed by atoms with E-state index < -0.39 is 28.5 Å². The molecule has 0 aliphatic heterocycles. The summed E-state index contributed by atoms with van der Waals surface area (Å²) in [6.07, 6.45) is 1.87. The zero-order valence-electron chi connectivity index (χ0n) is 19.7. The fraction of sp³-hybridized carbons (Fsp3) is 0.417. The molecule has 0 spiro atoms. The van der Waals surface area contributed by atoms with Crippen LogP contribution in [0.25, 0.3) is 0 Å². The maximum Gasteiger partial charge on any atom is 0.244 e. The van der Waals surface area contributed by atoms with Gasteiger partial charge in [0.05, 0.1) is 11.9 Å². The number of carbonyl (C=O) groups is 2. The van der Waals surface area contributed by atoms with Crippen molar-refractivity contribution >= 4 is 39.1 Å². The van der Waals surface area contributed by atoms with E-state index >= 15 is 0 Å². The van der Waals surface area contributed by atoms with Crippen LogP contribution >= 0.6 is 11.6 Å². The van der Waals surface area contributed by atoms with Crippen molar-refractivity contribution in [1.82, 2.24) is 10.2 Å². The number of rotatable bonds is 10. The fourth-order valence-corrected chi connectivity index (χ4v) is 4.39. The molecule has 0 bridgehead atoms. The number of aryl methyl sites for hydroxylation is 1. The zero-order chi connectivity index (χ0) is 24.8. The van der Waals surface area contributed by atoms with E-state index in [4.69, 9.17) is 11.6 Å². The highest BCUT2D eigenvalue weighted by Gasteiger charge is 2.30. The summed E-state index contributed by atoms with van der Waals surface area (Å²) in [4.78, 5) is 27.5. The molecule has 1 N–H and O–H groups in total. The third-order valence-electron chi connectivity index (χ3n) is 5.15. The molecular weight excluding hydrogens is 462 g/mol. The van der Waals surface area contributed by atoms with Crippen LogP contribution in [-0.4, -0.2) is 50.0 Å². The smallest absolute Gasteiger partial charge is 0.244 e. The molecule has 0 radical (unpaired) electrons. The van der Waals surface area contributed by atoms with Crippen LogP contribution in [0, 0.1) is 0 Å². The summed E-state index contributed by atoms with van der Waals surface area (Å²) in [6.45, 7) is 6.98. The lowest BCUT2D eigenvalue weighted by Crippen LogP contribution is -2.52. The molecule has 0 saturated carbocycles. The monoisotopic (exact) mass is 493 g/mol. The molecule has 7 nitrogen and oxygen atoms in total. The Morgan fingerprint density at radius 3 is 2.18 bits per heavy atom. The van der Waals surface area contributed by atoms with Gasteiger partial charge < -0.3 is 10.2 Å². The van der Waals surface area contributed by atoms with Crippen molar-refractivity contribution in [2.24, 2.45) is 0 Å². The molecule has 1 atom stereocenters. The summed E-state index contributed by atoms with van der Waals surface area (Å²) < 4.78 is 26.2. The number of carbonyl (C=O) groups excluding carboxylic acids is 2. The highest BCUT2D eigenvalue weighted by molar-refractivity contribution is 7.92. The van der Waals surface area contributed by atoms with Crippen molar-refractivity contribution in [2.75, 3.05) is 17.1 Å². The molecule has 0 aliphatic rings. The van der Waals surface area contributed by atoms with Gasteiger partial charge in [0.1, 0.15) is 12.6 Å². The van der Waals surface area contributed by atoms with Gasteiger partial charge in [0.25, 0.3) is 0 Å². The molecular formula is C24H32ClN3O4S. The van der Waals surface area contributed by atoms with Crippen LogP contribution in [0.4, 0.5) is 5.69 Å². The van der Waals surface area contributed by atoms with Crippen molar-refractivity contribution < 1.29 is 18.0 Å². The van der Waals surface area contributed by atoms with Crippen LogP contribution in [-0.2, 0) is 32.6 Å². The minimum absolute atomic E-state index is 0.104. The molecule has 0 saturated heterocycles. The van der Waals surface area contributed by atoms with Crippen LogP contribution in [0.1, 0.15) is 38.8 Å². The van der Waals surface area contributed by atoms with Crippen molar-refractivity contribution in [3.05, 3.63) is 64.7 Å². The topological polar surface area (TPSA) is 86.8 Å². The van der Waals surface area contributed by atoms with Crippen LogP contribution in [0.3, 0.4) is 0 Å². The van der Waals surface area contributed by atoms with Gasteiger partial charge >= 0.3 is 0 Å². The van der Waals surface area contributed by atoms with Crippen molar-refractivity contribution in [3.63, 3.8) is 0 Å². The van der Waals surface area contributed by atoms with Gasteiger partial charge in [0, 0.05) is 17.6 Å². The Morgan fingerprint density at radius 2 is 1.67 bits per heavy atom. The summed E-state index contributed by atoms with van der Waals surface area (Å²) in [5.74, 6) is -0.815. The highest BCUT2D eigenvalue weighted by Crippen LogP contribution is 2.20. The Labute approximate surface area is 201 Å². The molecule has 0 aliphatic carbocycles. The van der Waals surface area contributed by atoms with Gasteiger partial charge in [-0.3, -0.25) is 13.9 Å². The predicted molar refractivity (Wildman–Crippen MR) is 133 cm³/mol. The number of benzene rings is 2. The fourth-order valence-electron chi connectivity index (χ4n) is 3.33. The van der Waals surface area contributed by atoms with E-state index in [1.54, 1.807) is 43.3 Å². The van der Waals surface area contributed by atoms with Gasteiger partial charge in [-0.15, -0.1) is 0 Å². The van der Waals surface area contributed by atoms with Gasteiger partial charge in [0.15, 0.2) is 0 Å². The van der Waals surface area contributed by atoms with Gasteiger partial charge in [-0.1, -0.05) is 42.8 Å². The number of nitrogens with zero attached hydrogens (tertiary/aromatic N) is 2. The van der Waals surface area contributed by atoms with Crippen LogP contribution in [0.5, 0.6) is 0 Å². The van der Waals surface area contributed by atoms with Crippen LogP contribution in [0.15, 0.2) is 48.5 Å². The van der Waals surface area contributed by atoms with Crippen molar-refractivity contribution in [1.29, 1.82) is 0 Å². The zero-order valence-corrected chi connectivity index (χ0v) is 21.3. The van der Waals surface area contributed by atoms with E-state index in [-0.39, 0.29) is 18.5 Å². The minimum atomic E-state index is -3.75. The van der Waals surface area contributed by atoms with Gasteiger partial charge in [-0.25, -0.2) is 8.42 Å². The first-order valence-corrected chi connectivity index (χ1v) is 13.1. The predicted octanol–water partition coefficient (Wildman–Crippen LogP) is 3.61. The normalized spacial score (nSPS) is 12.3. The largest absolute Gasteiger partial charge is 0.352 e. The van der Waals surface area contributed by atoms with Gasteiger partial charge in [0.2, 0.25) is 21.8 Å². The first kappa shape index (κ1) is 26.7. The molecule has 2 aromatic carbocycles. The first-order chi connectivity index (χ1) is 15.4. The second-order valence-electron chi connectivity index (χ2n) is 8.28. The number of sulfonamides is 1. The van der Waals surface area contributed by atoms with Crippen molar-refractivity contribution in [2.45, 2.75) is 52.7 Å². The average Bonchev–Trinajstić information content (AvgIpc) is 2.74. The molecule has 180 valence electrons. The van der Waals surface area contributed by atoms with E-state index in [9.17, 15) is 18.0 Å². The first-order valence-electron chi connectivity index (χ1n) is 10.8. The van der Waals surface area contributed by atoms with E-state index in [0.29, 0.717) is 10.7 Å². The van der Waals surface area contributed by atoms with E-state index in [1.807, 2.05) is 32.9 Å². The number of hydrogen-bond acceptors (Lipinski definition) is 4. The molecule has 2 aromatic rings. The Kier molecular flexibility index (Phi) is 9.31. The third kappa shape index (κ3) is 7.75. The lowest BCUT2D eigenvalue weighted by molar-refractivity contribution is -0.139. The summed E-state index contributed by atoms with van der Waals surface area (Å²) in [5, 5.41) is 3.32. The lowest BCUT2D eigenvalue weighted by atomic mass is 10.1. The van der Waals surface area contributed by atoms with Crippen LogP contribution < -0.4 is 9.62 Å². The summed E-state index contributed by atoms with van der Waals surface area (Å²) in [7, 11) is -3.75. The number of nitrogens with one attached hydrogen (secondary N) is 1. The quantitative estimate of drug-likeness (QED) is 0.547. The Hall–Kier alpha value is -2.58. The maximum absolute atomic E-state index is 13.4. The molecule has 33 heavy (non-hydrogen) atoms. The molecule has 0 fully saturated rings. The Balaban J connectivity index is 2.38. The van der Waals surface area contributed by atoms with E-state index in [2.05, 4.69) is 5.32 Å². The minimum Gasteiger partial charge on any atom is -0.352 e. The average molecular weight is 494 g/mol. The second kappa shape index (κ2) is 11.5. The van der Waals surface area contributed by atoms with Crippen LogP contribution in [0.2, 0.25) is 5.02 Å². The summed E-state index contributed by atoms with van der Waals surface area (Å²) >= 11 is 6.10. The standard InChI is InChI=1S/C24H32ClN3O4S/c1-6-19-10-12-22(13-11-19)28(33(5,31)32)16-23(29)27(18(4)24(30)26-17(2)3)15-20-8-7-9-21(25)14-20/h7-14,17-18H,6,15-16H2,1-5H3,(H,26,30)/t18-/m1/s1.